The summed E-state index contributed by atoms with van der Waals surface area (Å²) in [5, 5.41) is 8.95. The first-order valence-electron chi connectivity index (χ1n) is 44.3. The van der Waals surface area contributed by atoms with Gasteiger partial charge in [-0.15, -0.1) is 0 Å². The summed E-state index contributed by atoms with van der Waals surface area (Å²) in [7, 11) is 8.41. The molecule has 0 N–H and O–H groups in total. The molecule has 13 rings (SSSR count). The van der Waals surface area contributed by atoms with Crippen LogP contribution in [0.1, 0.15) is 272 Å². The molecular formula is C109H144N4+4. The van der Waals surface area contributed by atoms with E-state index in [-0.39, 0.29) is 27.1 Å². The minimum Gasteiger partial charge on any atom is -0.198 e. The van der Waals surface area contributed by atoms with Crippen molar-refractivity contribution in [2.24, 2.45) is 49.9 Å². The Morgan fingerprint density at radius 2 is 0.619 bits per heavy atom. The molecule has 0 aliphatic heterocycles. The highest BCUT2D eigenvalue weighted by Crippen LogP contribution is 2.42. The van der Waals surface area contributed by atoms with E-state index in [0.717, 1.165) is 70.0 Å². The van der Waals surface area contributed by atoms with Crippen molar-refractivity contribution in [2.45, 2.75) is 276 Å². The Morgan fingerprint density at radius 3 is 0.929 bits per heavy atom. The molecular weight excluding hydrogens is 1370 g/mol. The zero-order valence-corrected chi connectivity index (χ0v) is 76.6. The van der Waals surface area contributed by atoms with Crippen LogP contribution in [0.25, 0.3) is 88.1 Å². The van der Waals surface area contributed by atoms with Gasteiger partial charge in [0.1, 0.15) is 28.2 Å². The smallest absolute Gasteiger partial charge is 0.198 e. The van der Waals surface area contributed by atoms with Gasteiger partial charge in [-0.1, -0.05) is 209 Å². The molecule has 4 aromatic heterocycles. The maximum Gasteiger partial charge on any atom is 0.220 e. The molecule has 0 bridgehead atoms. The molecule has 1 aliphatic rings. The van der Waals surface area contributed by atoms with Gasteiger partial charge in [-0.3, -0.25) is 0 Å². The molecule has 4 heterocycles. The van der Waals surface area contributed by atoms with Gasteiger partial charge in [0.05, 0.1) is 49.3 Å². The third-order valence-electron chi connectivity index (χ3n) is 24.1. The topological polar surface area (TPSA) is 15.5 Å². The fourth-order valence-corrected chi connectivity index (χ4v) is 17.2. The van der Waals surface area contributed by atoms with E-state index in [1.54, 1.807) is 0 Å². The Balaban J connectivity index is 0.000000165. The minimum atomic E-state index is 0.0892. The standard InChI is InChI=1S/C29H38N.C28H38N.C27H36N.C25H32N/c1-19-14-24(23-10-8-9-11-23)17-27(21(19)3)28-26-13-12-22(18-29(4,5)6)16-25(26)15-20(2)30(28)7;1-18-13-23(28(7,8)9)16-25(20(18)3)26-24-12-11-21(17-27(4,5)6)15-22(24)14-19(2)29(26)10;1-17(2)22-12-18(3)20(5)25(15-22)26-24-11-10-21(16-27(6,7)8)14-23(24)13-19(4)28(26)9;1-16-11-17(2)19(4)23(12-16)24-22-10-9-20(15-25(5,6)7)14-21(22)13-18(3)26(24)8/h12-17,23H,8-11,18H2,1-7H3;11-16H,17H2,1-10H3;10-15,17H,16H2,1-9H3;9-14H,15H2,1-8H3/q4*+1/i15D;14D;2*13D. The maximum atomic E-state index is 8.87. The molecule has 0 atom stereocenters. The van der Waals surface area contributed by atoms with E-state index in [1.807, 2.05) is 0 Å². The Kier molecular flexibility index (Phi) is 24.1. The molecule has 1 aliphatic carbocycles. The molecule has 0 saturated heterocycles. The van der Waals surface area contributed by atoms with Crippen LogP contribution in [-0.2, 0) is 59.3 Å². The van der Waals surface area contributed by atoms with Crippen LogP contribution in [0.2, 0.25) is 0 Å². The summed E-state index contributed by atoms with van der Waals surface area (Å²) in [6.07, 6.45) is 9.40. The lowest BCUT2D eigenvalue weighted by Crippen LogP contribution is -2.35. The van der Waals surface area contributed by atoms with Crippen LogP contribution in [0.15, 0.2) is 145 Å². The summed E-state index contributed by atoms with van der Waals surface area (Å²) < 4.78 is 44.1. The van der Waals surface area contributed by atoms with Gasteiger partial charge in [0.2, 0.25) is 22.8 Å². The number of aryl methyl sites for hydroxylation is 5. The van der Waals surface area contributed by atoms with Gasteiger partial charge >= 0.3 is 0 Å². The highest BCUT2D eigenvalue weighted by atomic mass is 15.0. The van der Waals surface area contributed by atoms with Crippen molar-refractivity contribution in [3.8, 4) is 45.0 Å². The van der Waals surface area contributed by atoms with Crippen LogP contribution in [-0.4, -0.2) is 0 Å². The summed E-state index contributed by atoms with van der Waals surface area (Å²) in [4.78, 5) is 0. The molecule has 12 aromatic rings. The Hall–Kier alpha value is -8.60. The van der Waals surface area contributed by atoms with E-state index in [1.165, 1.54) is 181 Å². The van der Waals surface area contributed by atoms with Gasteiger partial charge in [0.25, 0.3) is 0 Å². The van der Waals surface area contributed by atoms with Gasteiger partial charge < -0.3 is 0 Å². The molecule has 1 fully saturated rings. The second kappa shape index (κ2) is 33.7. The Labute approximate surface area is 691 Å². The molecule has 0 unspecified atom stereocenters. The summed E-state index contributed by atoms with van der Waals surface area (Å²) >= 11 is 0. The predicted molar refractivity (Wildman–Crippen MR) is 490 cm³/mol. The molecule has 0 radical (unpaired) electrons. The average Bonchev–Trinajstić information content (AvgIpc) is 1.53. The largest absolute Gasteiger partial charge is 0.220 e. The number of rotatable bonds is 10. The first-order chi connectivity index (χ1) is 54.2. The van der Waals surface area contributed by atoms with Crippen molar-refractivity contribution in [3.63, 3.8) is 0 Å². The maximum absolute atomic E-state index is 8.87. The molecule has 0 amide bonds. The number of fused-ring (bicyclic) bond motifs is 4. The summed E-state index contributed by atoms with van der Waals surface area (Å²) in [6.45, 7) is 66.8. The highest BCUT2D eigenvalue weighted by molar-refractivity contribution is 5.98. The number of hydrogen-bond acceptors (Lipinski definition) is 0. The van der Waals surface area contributed by atoms with Crippen molar-refractivity contribution in [1.29, 1.82) is 0 Å². The van der Waals surface area contributed by atoms with Crippen LogP contribution < -0.4 is 18.3 Å². The SMILES string of the molecule is [2H]c1c(C)[n+](C)c(-c2cc(C(C)(C)C)cc(C)c2C)c2ccc(CC(C)(C)C)cc12.[2H]c1c(C)[n+](C)c(-c2cc(C(C)C)cc(C)c2C)c2ccc(CC(C)(C)C)cc12.[2H]c1c(C)[n+](C)c(-c2cc(C)cc(C)c2C)c2ccc(CC(C)(C)C)cc12.[2H]c1c(C)[n+](C)c(-c2cc(C3CCCC3)cc(C)c2C)c2ccc(CC(C)(C)C)cc12. The van der Waals surface area contributed by atoms with Crippen LogP contribution in [0.5, 0.6) is 0 Å². The Bertz CT molecular complexity index is 5820. The number of benzene rings is 8. The van der Waals surface area contributed by atoms with E-state index in [2.05, 4.69) is 375 Å². The van der Waals surface area contributed by atoms with Gasteiger partial charge in [-0.05, 0) is 293 Å². The third kappa shape index (κ3) is 20.4. The normalized spacial score (nSPS) is 13.6. The summed E-state index contributed by atoms with van der Waals surface area (Å²) in [6, 6.07) is 48.3. The second-order valence-electron chi connectivity index (χ2n) is 40.6. The van der Waals surface area contributed by atoms with Crippen molar-refractivity contribution in [1.82, 2.24) is 0 Å². The van der Waals surface area contributed by atoms with E-state index in [0.29, 0.717) is 36.0 Å². The van der Waals surface area contributed by atoms with Crippen LogP contribution in [0.3, 0.4) is 0 Å². The van der Waals surface area contributed by atoms with E-state index >= 15 is 0 Å². The summed E-state index contributed by atoms with van der Waals surface area (Å²) in [5.41, 5.74) is 36.5. The van der Waals surface area contributed by atoms with Gasteiger partial charge in [-0.2, -0.15) is 18.3 Å². The predicted octanol–water partition coefficient (Wildman–Crippen LogP) is 27.8. The average molecular weight is 1510 g/mol. The van der Waals surface area contributed by atoms with Crippen molar-refractivity contribution >= 4 is 43.1 Å². The number of hydrogen-bond donors (Lipinski definition) is 0. The fourth-order valence-electron chi connectivity index (χ4n) is 17.2. The minimum absolute atomic E-state index is 0.0892. The van der Waals surface area contributed by atoms with Crippen LogP contribution in [0, 0.1) is 112 Å². The Morgan fingerprint density at radius 1 is 0.336 bits per heavy atom. The van der Waals surface area contributed by atoms with Crippen molar-refractivity contribution in [2.75, 3.05) is 0 Å². The lowest BCUT2D eigenvalue weighted by Gasteiger charge is -2.22. The lowest BCUT2D eigenvalue weighted by molar-refractivity contribution is -0.665. The molecule has 0 spiro atoms. The molecule has 4 heteroatoms. The van der Waals surface area contributed by atoms with E-state index in [4.69, 9.17) is 5.48 Å². The fraction of sp³-hybridized carbons (Fsp3) is 0.450. The zero-order chi connectivity index (χ0) is 86.9. The molecule has 596 valence electrons. The quantitative estimate of drug-likeness (QED) is 0.121. The zero-order valence-electron chi connectivity index (χ0n) is 80.6. The monoisotopic (exact) mass is 1510 g/mol. The van der Waals surface area contributed by atoms with Crippen molar-refractivity contribution in [3.05, 3.63) is 257 Å². The van der Waals surface area contributed by atoms with Gasteiger partial charge in [0, 0.05) is 51.9 Å². The lowest BCUT2D eigenvalue weighted by atomic mass is 9.82. The third-order valence-corrected chi connectivity index (χ3v) is 24.1. The number of aromatic nitrogens is 4. The molecule has 8 aromatic carbocycles. The van der Waals surface area contributed by atoms with E-state index in [9.17, 15) is 0 Å². The van der Waals surface area contributed by atoms with Crippen LogP contribution in [0.4, 0.5) is 0 Å². The molecule has 4 nitrogen and oxygen atoms in total. The van der Waals surface area contributed by atoms with E-state index < -0.39 is 0 Å². The number of nitrogens with zero attached hydrogens (tertiary/aromatic N) is 4. The van der Waals surface area contributed by atoms with Crippen molar-refractivity contribution < 1.29 is 23.8 Å². The first-order valence-corrected chi connectivity index (χ1v) is 42.3. The summed E-state index contributed by atoms with van der Waals surface area (Å²) in [5.74, 6) is 1.18. The highest BCUT2D eigenvalue weighted by Gasteiger charge is 2.30. The number of pyridine rings is 4. The second-order valence-corrected chi connectivity index (χ2v) is 40.6. The molecule has 1 saturated carbocycles. The van der Waals surface area contributed by atoms with Crippen LogP contribution >= 0.6 is 0 Å². The van der Waals surface area contributed by atoms with Gasteiger partial charge in [0.15, 0.2) is 22.8 Å². The molecule has 113 heavy (non-hydrogen) atoms. The van der Waals surface area contributed by atoms with Gasteiger partial charge in [-0.25, -0.2) is 0 Å². The first kappa shape index (κ1) is 81.0.